The summed E-state index contributed by atoms with van der Waals surface area (Å²) in [6, 6.07) is 3.97. The zero-order valence-electron chi connectivity index (χ0n) is 12.7. The molecule has 0 atom stereocenters. The maximum atomic E-state index is 11.8. The van der Waals surface area contributed by atoms with Crippen molar-refractivity contribution in [2.24, 2.45) is 0 Å². The lowest BCUT2D eigenvalue weighted by molar-refractivity contribution is 0.0958. The van der Waals surface area contributed by atoms with Gasteiger partial charge in [-0.2, -0.15) is 0 Å². The van der Waals surface area contributed by atoms with Crippen LogP contribution in [0.5, 0.6) is 0 Å². The lowest BCUT2D eigenvalue weighted by Gasteiger charge is -2.51. The van der Waals surface area contributed by atoms with Crippen molar-refractivity contribution in [3.8, 4) is 0 Å². The minimum atomic E-state index is -0.121. The molecule has 2 heterocycles. The van der Waals surface area contributed by atoms with E-state index in [0.29, 0.717) is 5.69 Å². The topological polar surface area (TPSA) is 57.3 Å². The van der Waals surface area contributed by atoms with E-state index in [-0.39, 0.29) is 11.4 Å². The fourth-order valence-corrected chi connectivity index (χ4v) is 3.74. The first kappa shape index (κ1) is 14.3. The highest BCUT2D eigenvalue weighted by Crippen LogP contribution is 2.37. The quantitative estimate of drug-likeness (QED) is 0.867. The zero-order chi connectivity index (χ0) is 14.7. The Hall–Kier alpha value is -1.62. The molecule has 114 valence electrons. The lowest BCUT2D eigenvalue weighted by Crippen LogP contribution is -2.62. The van der Waals surface area contributed by atoms with Crippen LogP contribution in [0.25, 0.3) is 0 Å². The highest BCUT2D eigenvalue weighted by Gasteiger charge is 2.39. The molecule has 0 aromatic carbocycles. The van der Waals surface area contributed by atoms with Gasteiger partial charge in [-0.1, -0.05) is 19.3 Å². The van der Waals surface area contributed by atoms with E-state index < -0.39 is 0 Å². The second-order valence-corrected chi connectivity index (χ2v) is 6.09. The molecule has 0 unspecified atom stereocenters. The van der Waals surface area contributed by atoms with Crippen molar-refractivity contribution in [1.82, 2.24) is 15.6 Å². The summed E-state index contributed by atoms with van der Waals surface area (Å²) in [5.41, 5.74) is 1.85. The first-order chi connectivity index (χ1) is 10.2. The van der Waals surface area contributed by atoms with Crippen molar-refractivity contribution in [3.63, 3.8) is 0 Å². The van der Waals surface area contributed by atoms with Crippen molar-refractivity contribution < 1.29 is 4.79 Å². The molecule has 0 bridgehead atoms. The van der Waals surface area contributed by atoms with Gasteiger partial charge in [-0.05, 0) is 25.0 Å². The van der Waals surface area contributed by atoms with Crippen molar-refractivity contribution in [1.29, 1.82) is 0 Å². The maximum Gasteiger partial charge on any atom is 0.269 e. The highest BCUT2D eigenvalue weighted by molar-refractivity contribution is 5.92. The molecule has 1 aromatic rings. The van der Waals surface area contributed by atoms with Crippen molar-refractivity contribution in [2.75, 3.05) is 31.6 Å². The van der Waals surface area contributed by atoms with E-state index in [0.717, 1.165) is 25.3 Å². The SMILES string of the molecule is CNC(=O)c1cc(N2CCNCC23CCCCC3)ccn1. The van der Waals surface area contributed by atoms with Gasteiger partial charge in [-0.25, -0.2) is 0 Å². The zero-order valence-corrected chi connectivity index (χ0v) is 12.7. The fraction of sp³-hybridized carbons (Fsp3) is 0.625. The number of rotatable bonds is 2. The summed E-state index contributed by atoms with van der Waals surface area (Å²) in [5.74, 6) is -0.121. The van der Waals surface area contributed by atoms with Crippen LogP contribution >= 0.6 is 0 Å². The molecular formula is C16H24N4O. The van der Waals surface area contributed by atoms with Crippen LogP contribution in [-0.4, -0.2) is 43.1 Å². The number of piperazine rings is 1. The van der Waals surface area contributed by atoms with Gasteiger partial charge >= 0.3 is 0 Å². The van der Waals surface area contributed by atoms with E-state index in [4.69, 9.17) is 0 Å². The predicted octanol–water partition coefficient (Wildman–Crippen LogP) is 1.55. The molecule has 1 spiro atoms. The number of pyridine rings is 1. The van der Waals surface area contributed by atoms with Crippen LogP contribution in [0, 0.1) is 0 Å². The van der Waals surface area contributed by atoms with Gasteiger partial charge in [-0.15, -0.1) is 0 Å². The van der Waals surface area contributed by atoms with E-state index in [1.54, 1.807) is 13.2 Å². The van der Waals surface area contributed by atoms with E-state index in [9.17, 15) is 4.79 Å². The molecule has 0 radical (unpaired) electrons. The molecular weight excluding hydrogens is 264 g/mol. The molecule has 21 heavy (non-hydrogen) atoms. The Labute approximate surface area is 126 Å². The lowest BCUT2D eigenvalue weighted by atomic mass is 9.78. The average molecular weight is 288 g/mol. The van der Waals surface area contributed by atoms with Crippen LogP contribution in [0.15, 0.2) is 18.3 Å². The summed E-state index contributed by atoms with van der Waals surface area (Å²) >= 11 is 0. The molecule has 1 saturated carbocycles. The molecule has 5 nitrogen and oxygen atoms in total. The molecule has 1 aliphatic heterocycles. The summed E-state index contributed by atoms with van der Waals surface area (Å²) in [6.45, 7) is 3.04. The van der Waals surface area contributed by atoms with Gasteiger partial charge in [0.25, 0.3) is 5.91 Å². The van der Waals surface area contributed by atoms with Crippen LogP contribution in [0.2, 0.25) is 0 Å². The predicted molar refractivity (Wildman–Crippen MR) is 83.7 cm³/mol. The first-order valence-corrected chi connectivity index (χ1v) is 7.92. The number of carbonyl (C=O) groups is 1. The molecule has 2 fully saturated rings. The minimum Gasteiger partial charge on any atom is -0.363 e. The Morgan fingerprint density at radius 1 is 1.38 bits per heavy atom. The van der Waals surface area contributed by atoms with Crippen LogP contribution in [0.4, 0.5) is 5.69 Å². The number of carbonyl (C=O) groups excluding carboxylic acids is 1. The van der Waals surface area contributed by atoms with Crippen molar-refractivity contribution >= 4 is 11.6 Å². The summed E-state index contributed by atoms with van der Waals surface area (Å²) < 4.78 is 0. The van der Waals surface area contributed by atoms with Crippen LogP contribution in [-0.2, 0) is 0 Å². The minimum absolute atomic E-state index is 0.121. The van der Waals surface area contributed by atoms with Gasteiger partial charge in [0.05, 0.1) is 5.54 Å². The molecule has 1 aromatic heterocycles. The Kier molecular flexibility index (Phi) is 4.10. The van der Waals surface area contributed by atoms with Gasteiger partial charge < -0.3 is 15.5 Å². The average Bonchev–Trinajstić information content (AvgIpc) is 2.55. The number of hydrogen-bond acceptors (Lipinski definition) is 4. The van der Waals surface area contributed by atoms with Crippen LogP contribution < -0.4 is 15.5 Å². The Balaban J connectivity index is 1.91. The monoisotopic (exact) mass is 288 g/mol. The van der Waals surface area contributed by atoms with Crippen molar-refractivity contribution in [3.05, 3.63) is 24.0 Å². The Morgan fingerprint density at radius 3 is 2.95 bits per heavy atom. The van der Waals surface area contributed by atoms with Gasteiger partial charge in [0, 0.05) is 38.6 Å². The summed E-state index contributed by atoms with van der Waals surface area (Å²) in [5, 5.41) is 6.21. The number of aromatic nitrogens is 1. The second-order valence-electron chi connectivity index (χ2n) is 6.09. The molecule has 5 heteroatoms. The summed E-state index contributed by atoms with van der Waals surface area (Å²) in [6.07, 6.45) is 8.15. The highest BCUT2D eigenvalue weighted by atomic mass is 16.1. The molecule has 2 aliphatic rings. The van der Waals surface area contributed by atoms with Gasteiger partial charge in [-0.3, -0.25) is 9.78 Å². The number of nitrogens with one attached hydrogen (secondary N) is 2. The Morgan fingerprint density at radius 2 is 2.19 bits per heavy atom. The van der Waals surface area contributed by atoms with Gasteiger partial charge in [0.2, 0.25) is 0 Å². The van der Waals surface area contributed by atoms with Crippen LogP contribution in [0.3, 0.4) is 0 Å². The van der Waals surface area contributed by atoms with E-state index in [1.165, 1.54) is 32.1 Å². The first-order valence-electron chi connectivity index (χ1n) is 7.92. The third-order valence-electron chi connectivity index (χ3n) is 4.84. The standard InChI is InChI=1S/C16H24N4O/c1-17-15(21)14-11-13(5-8-19-14)20-10-9-18-12-16(20)6-3-2-4-7-16/h5,8,11,18H,2-4,6-7,9-10,12H2,1H3,(H,17,21). The Bertz CT molecular complexity index is 502. The normalized spacial score (nSPS) is 21.3. The third-order valence-corrected chi connectivity index (χ3v) is 4.84. The van der Waals surface area contributed by atoms with Crippen molar-refractivity contribution in [2.45, 2.75) is 37.6 Å². The number of amides is 1. The van der Waals surface area contributed by atoms with Gasteiger partial charge in [0.1, 0.15) is 5.69 Å². The number of nitrogens with zero attached hydrogens (tertiary/aromatic N) is 2. The largest absolute Gasteiger partial charge is 0.363 e. The summed E-state index contributed by atoms with van der Waals surface area (Å²) in [4.78, 5) is 18.5. The molecule has 1 amide bonds. The molecule has 2 N–H and O–H groups in total. The molecule has 1 aliphatic carbocycles. The summed E-state index contributed by atoms with van der Waals surface area (Å²) in [7, 11) is 1.64. The van der Waals surface area contributed by atoms with E-state index in [1.807, 2.05) is 12.1 Å². The molecule has 3 rings (SSSR count). The van der Waals surface area contributed by atoms with E-state index in [2.05, 4.69) is 20.5 Å². The number of anilines is 1. The third kappa shape index (κ3) is 2.75. The van der Waals surface area contributed by atoms with E-state index >= 15 is 0 Å². The number of hydrogen-bond donors (Lipinski definition) is 2. The smallest absolute Gasteiger partial charge is 0.269 e. The van der Waals surface area contributed by atoms with Gasteiger partial charge in [0.15, 0.2) is 0 Å². The van der Waals surface area contributed by atoms with Crippen LogP contribution in [0.1, 0.15) is 42.6 Å². The maximum absolute atomic E-state index is 11.8. The second kappa shape index (κ2) is 6.02. The molecule has 1 saturated heterocycles. The fourth-order valence-electron chi connectivity index (χ4n) is 3.74.